The summed E-state index contributed by atoms with van der Waals surface area (Å²) in [7, 11) is 0. The van der Waals surface area contributed by atoms with Gasteiger partial charge in [0.1, 0.15) is 11.9 Å². The Labute approximate surface area is 110 Å². The highest BCUT2D eigenvalue weighted by Gasteiger charge is 2.31. The molecule has 2 rings (SSSR count). The Balaban J connectivity index is 2.45. The largest absolute Gasteiger partial charge is 0.350 e. The van der Waals surface area contributed by atoms with Gasteiger partial charge in [0, 0.05) is 11.7 Å². The van der Waals surface area contributed by atoms with Gasteiger partial charge in [-0.05, 0) is 37.6 Å². The number of imide groups is 1. The van der Waals surface area contributed by atoms with Crippen LogP contribution in [-0.4, -0.2) is 24.4 Å². The van der Waals surface area contributed by atoms with E-state index in [0.29, 0.717) is 11.3 Å². The number of benzene rings is 1. The summed E-state index contributed by atoms with van der Waals surface area (Å²) >= 11 is 0. The first kappa shape index (κ1) is 13.5. The van der Waals surface area contributed by atoms with E-state index in [9.17, 15) is 14.0 Å². The van der Waals surface area contributed by atoms with Crippen LogP contribution in [0.3, 0.4) is 0 Å². The molecule has 5 nitrogen and oxygen atoms in total. The quantitative estimate of drug-likeness (QED) is 0.772. The first-order valence-electron chi connectivity index (χ1n) is 6.05. The van der Waals surface area contributed by atoms with Crippen molar-refractivity contribution in [3.63, 3.8) is 0 Å². The van der Waals surface area contributed by atoms with Crippen LogP contribution in [0.15, 0.2) is 18.2 Å². The van der Waals surface area contributed by atoms with Gasteiger partial charge < -0.3 is 10.6 Å². The minimum Gasteiger partial charge on any atom is -0.350 e. The lowest BCUT2D eigenvalue weighted by Gasteiger charge is -2.35. The second-order valence-electron chi connectivity index (χ2n) is 4.71. The number of hydrogen-bond donors (Lipinski definition) is 2. The fraction of sp³-hybridized carbons (Fsp3) is 0.385. The van der Waals surface area contributed by atoms with Crippen molar-refractivity contribution in [2.75, 3.05) is 11.4 Å². The van der Waals surface area contributed by atoms with Gasteiger partial charge in [-0.2, -0.15) is 0 Å². The minimum absolute atomic E-state index is 0.0538. The SMILES string of the molecule is CC1C(=O)NC(=O)CN1c1ccc(F)cc1[C@@H](C)N. The number of hydrogen-bond acceptors (Lipinski definition) is 4. The van der Waals surface area contributed by atoms with Gasteiger partial charge in [-0.1, -0.05) is 0 Å². The molecule has 1 aromatic carbocycles. The molecular weight excluding hydrogens is 249 g/mol. The Bertz CT molecular complexity index is 531. The maximum Gasteiger partial charge on any atom is 0.249 e. The summed E-state index contributed by atoms with van der Waals surface area (Å²) in [5, 5.41) is 2.26. The van der Waals surface area contributed by atoms with E-state index in [4.69, 9.17) is 5.73 Å². The third-order valence-electron chi connectivity index (χ3n) is 3.21. The lowest BCUT2D eigenvalue weighted by Crippen LogP contribution is -2.57. The van der Waals surface area contributed by atoms with Crippen molar-refractivity contribution in [2.24, 2.45) is 5.73 Å². The summed E-state index contributed by atoms with van der Waals surface area (Å²) in [6.07, 6.45) is 0. The van der Waals surface area contributed by atoms with Crippen LogP contribution in [0, 0.1) is 5.82 Å². The van der Waals surface area contributed by atoms with Gasteiger partial charge >= 0.3 is 0 Å². The van der Waals surface area contributed by atoms with Crippen LogP contribution in [0.25, 0.3) is 0 Å². The summed E-state index contributed by atoms with van der Waals surface area (Å²) in [6, 6.07) is 3.30. The van der Waals surface area contributed by atoms with Crippen LogP contribution >= 0.6 is 0 Å². The minimum atomic E-state index is -0.499. The van der Waals surface area contributed by atoms with E-state index in [1.807, 2.05) is 0 Å². The van der Waals surface area contributed by atoms with E-state index in [-0.39, 0.29) is 18.4 Å². The number of carbonyl (C=O) groups excluding carboxylic acids is 2. The predicted octanol–water partition coefficient (Wildman–Crippen LogP) is 0.697. The van der Waals surface area contributed by atoms with Crippen LogP contribution in [0.1, 0.15) is 25.5 Å². The molecule has 0 spiro atoms. The molecule has 3 N–H and O–H groups in total. The van der Waals surface area contributed by atoms with Crippen LogP contribution < -0.4 is 16.0 Å². The zero-order valence-electron chi connectivity index (χ0n) is 10.8. The maximum absolute atomic E-state index is 13.3. The van der Waals surface area contributed by atoms with Gasteiger partial charge in [0.15, 0.2) is 0 Å². The molecule has 6 heteroatoms. The Morgan fingerprint density at radius 1 is 1.47 bits per heavy atom. The molecule has 19 heavy (non-hydrogen) atoms. The number of anilines is 1. The second kappa shape index (κ2) is 4.97. The average molecular weight is 265 g/mol. The van der Waals surface area contributed by atoms with Crippen LogP contribution in [0.2, 0.25) is 0 Å². The molecule has 1 aliphatic heterocycles. The van der Waals surface area contributed by atoms with E-state index in [1.54, 1.807) is 24.8 Å². The van der Waals surface area contributed by atoms with Gasteiger partial charge in [0.25, 0.3) is 0 Å². The molecule has 2 amide bonds. The van der Waals surface area contributed by atoms with Crippen LogP contribution in [0.4, 0.5) is 10.1 Å². The summed E-state index contributed by atoms with van der Waals surface area (Å²) in [5.41, 5.74) is 7.02. The molecule has 0 radical (unpaired) electrons. The molecular formula is C13H16FN3O2. The van der Waals surface area contributed by atoms with Crippen molar-refractivity contribution in [3.05, 3.63) is 29.6 Å². The van der Waals surface area contributed by atoms with Gasteiger partial charge in [-0.25, -0.2) is 4.39 Å². The Morgan fingerprint density at radius 3 is 2.79 bits per heavy atom. The summed E-state index contributed by atoms with van der Waals surface area (Å²) in [6.45, 7) is 3.48. The zero-order chi connectivity index (χ0) is 14.2. The highest BCUT2D eigenvalue weighted by Crippen LogP contribution is 2.28. The molecule has 0 aromatic heterocycles. The van der Waals surface area contributed by atoms with E-state index < -0.39 is 17.9 Å². The molecule has 1 heterocycles. The smallest absolute Gasteiger partial charge is 0.249 e. The third kappa shape index (κ3) is 2.58. The topological polar surface area (TPSA) is 75.4 Å². The summed E-state index contributed by atoms with van der Waals surface area (Å²) in [5.74, 6) is -1.13. The highest BCUT2D eigenvalue weighted by atomic mass is 19.1. The average Bonchev–Trinajstić information content (AvgIpc) is 2.34. The van der Waals surface area contributed by atoms with Gasteiger partial charge in [-0.15, -0.1) is 0 Å². The fourth-order valence-electron chi connectivity index (χ4n) is 2.16. The molecule has 0 aliphatic carbocycles. The standard InChI is InChI=1S/C13H16FN3O2/c1-7(15)10-5-9(14)3-4-11(10)17-6-12(18)16-13(19)8(17)2/h3-5,7-8H,6,15H2,1-2H3,(H,16,18,19)/t7-,8?/m1/s1. The van der Waals surface area contributed by atoms with Gasteiger partial charge in [0.05, 0.1) is 6.54 Å². The molecule has 1 fully saturated rings. The van der Waals surface area contributed by atoms with Crippen LogP contribution in [-0.2, 0) is 9.59 Å². The summed E-state index contributed by atoms with van der Waals surface area (Å²) in [4.78, 5) is 24.8. The van der Waals surface area contributed by atoms with Crippen molar-refractivity contribution in [1.29, 1.82) is 0 Å². The molecule has 0 bridgehead atoms. The first-order valence-corrected chi connectivity index (χ1v) is 6.05. The lowest BCUT2D eigenvalue weighted by molar-refractivity contribution is -0.132. The lowest BCUT2D eigenvalue weighted by atomic mass is 10.0. The number of carbonyl (C=O) groups is 2. The number of nitrogens with two attached hydrogens (primary N) is 1. The van der Waals surface area contributed by atoms with Gasteiger partial charge in [-0.3, -0.25) is 14.9 Å². The number of piperazine rings is 1. The Morgan fingerprint density at radius 2 is 2.16 bits per heavy atom. The predicted molar refractivity (Wildman–Crippen MR) is 69.0 cm³/mol. The number of amides is 2. The first-order chi connectivity index (χ1) is 8.90. The molecule has 102 valence electrons. The Kier molecular flexibility index (Phi) is 3.53. The van der Waals surface area contributed by atoms with Crippen molar-refractivity contribution < 1.29 is 14.0 Å². The number of nitrogens with zero attached hydrogens (tertiary/aromatic N) is 1. The molecule has 1 saturated heterocycles. The third-order valence-corrected chi connectivity index (χ3v) is 3.21. The second-order valence-corrected chi connectivity index (χ2v) is 4.71. The van der Waals surface area contributed by atoms with Gasteiger partial charge in [0.2, 0.25) is 11.8 Å². The maximum atomic E-state index is 13.3. The zero-order valence-corrected chi connectivity index (χ0v) is 10.8. The normalized spacial score (nSPS) is 21.3. The highest BCUT2D eigenvalue weighted by molar-refractivity contribution is 6.04. The van der Waals surface area contributed by atoms with Crippen molar-refractivity contribution in [1.82, 2.24) is 5.32 Å². The van der Waals surface area contributed by atoms with Crippen LogP contribution in [0.5, 0.6) is 0 Å². The van der Waals surface area contributed by atoms with E-state index in [2.05, 4.69) is 5.32 Å². The van der Waals surface area contributed by atoms with Crippen molar-refractivity contribution >= 4 is 17.5 Å². The molecule has 1 unspecified atom stereocenters. The molecule has 1 aliphatic rings. The molecule has 0 saturated carbocycles. The Hall–Kier alpha value is -1.95. The molecule has 1 aromatic rings. The fourth-order valence-corrected chi connectivity index (χ4v) is 2.16. The number of rotatable bonds is 2. The van der Waals surface area contributed by atoms with E-state index >= 15 is 0 Å². The van der Waals surface area contributed by atoms with E-state index in [1.165, 1.54) is 12.1 Å². The van der Waals surface area contributed by atoms with E-state index in [0.717, 1.165) is 0 Å². The monoisotopic (exact) mass is 265 g/mol. The van der Waals surface area contributed by atoms with Crippen molar-refractivity contribution in [2.45, 2.75) is 25.9 Å². The van der Waals surface area contributed by atoms with Crippen molar-refractivity contribution in [3.8, 4) is 0 Å². The molecule has 2 atom stereocenters. The number of nitrogens with one attached hydrogen (secondary N) is 1. The summed E-state index contributed by atoms with van der Waals surface area (Å²) < 4.78 is 13.3. The number of halogens is 1.